The molecule has 2 N–H and O–H groups in total. The van der Waals surface area contributed by atoms with Crippen LogP contribution in [0.1, 0.15) is 44.7 Å². The number of nitrogens with one attached hydrogen (secondary N) is 2. The smallest absolute Gasteiger partial charge is 0.228 e. The number of amides is 1. The Morgan fingerprint density at radius 1 is 1.11 bits per heavy atom. The van der Waals surface area contributed by atoms with Gasteiger partial charge in [0.25, 0.3) is 0 Å². The molecule has 0 aliphatic heterocycles. The molecule has 37 heavy (non-hydrogen) atoms. The number of benzene rings is 2. The van der Waals surface area contributed by atoms with Crippen LogP contribution in [0.25, 0.3) is 10.9 Å². The third-order valence-corrected chi connectivity index (χ3v) is 7.64. The third-order valence-electron chi connectivity index (χ3n) is 6.12. The van der Waals surface area contributed by atoms with Crippen molar-refractivity contribution in [3.63, 3.8) is 0 Å². The van der Waals surface area contributed by atoms with Crippen molar-refractivity contribution in [2.45, 2.75) is 57.7 Å². The van der Waals surface area contributed by atoms with Gasteiger partial charge in [-0.2, -0.15) is 5.10 Å². The van der Waals surface area contributed by atoms with Crippen molar-refractivity contribution in [1.29, 1.82) is 0 Å². The van der Waals surface area contributed by atoms with Gasteiger partial charge in [-0.15, -0.1) is 0 Å². The summed E-state index contributed by atoms with van der Waals surface area (Å²) in [7, 11) is -1.08. The lowest BCUT2D eigenvalue weighted by atomic mass is 10.1. The van der Waals surface area contributed by atoms with Gasteiger partial charge in [-0.05, 0) is 82.0 Å². The normalized spacial score (nSPS) is 14.4. The molecule has 0 saturated heterocycles. The first-order chi connectivity index (χ1) is 17.7. The van der Waals surface area contributed by atoms with Gasteiger partial charge in [0.1, 0.15) is 22.5 Å². The van der Waals surface area contributed by atoms with Gasteiger partial charge in [0, 0.05) is 23.5 Å². The summed E-state index contributed by atoms with van der Waals surface area (Å²) in [5, 5.41) is 8.32. The van der Waals surface area contributed by atoms with Gasteiger partial charge in [0.2, 0.25) is 5.91 Å². The number of aryl methyl sites for hydroxylation is 1. The molecule has 2 aromatic carbocycles. The maximum atomic E-state index is 12.6. The molecule has 1 fully saturated rings. The third kappa shape index (κ3) is 5.99. The van der Waals surface area contributed by atoms with E-state index in [2.05, 4.69) is 40.9 Å². The summed E-state index contributed by atoms with van der Waals surface area (Å²) in [6, 6.07) is 13.3. The molecule has 0 bridgehead atoms. The second-order valence-electron chi connectivity index (χ2n) is 10.4. The summed E-state index contributed by atoms with van der Waals surface area (Å²) in [6.07, 6.45) is 7.46. The van der Waals surface area contributed by atoms with Crippen molar-refractivity contribution in [3.8, 4) is 11.5 Å². The molecule has 1 amide bonds. The monoisotopic (exact) mass is 517 g/mol. The van der Waals surface area contributed by atoms with E-state index in [1.165, 1.54) is 0 Å². The summed E-state index contributed by atoms with van der Waals surface area (Å²) in [6.45, 7) is 8.12. The fourth-order valence-electron chi connectivity index (χ4n) is 3.95. The van der Waals surface area contributed by atoms with Crippen LogP contribution in [0.15, 0.2) is 61.1 Å². The van der Waals surface area contributed by atoms with E-state index in [0.29, 0.717) is 17.2 Å². The second kappa shape index (κ2) is 9.97. The van der Waals surface area contributed by atoms with Crippen LogP contribution in [-0.4, -0.2) is 30.1 Å². The molecule has 8 nitrogen and oxygen atoms in total. The van der Waals surface area contributed by atoms with E-state index in [9.17, 15) is 9.00 Å². The Balaban J connectivity index is 1.28. The lowest BCUT2D eigenvalue weighted by molar-refractivity contribution is -0.115. The zero-order valence-electron chi connectivity index (χ0n) is 21.4. The number of nitrogens with zero attached hydrogens (tertiary/aromatic N) is 3. The summed E-state index contributed by atoms with van der Waals surface area (Å²) in [5.41, 5.74) is 3.90. The second-order valence-corrected chi connectivity index (χ2v) is 11.9. The first kappa shape index (κ1) is 25.0. The first-order valence-electron chi connectivity index (χ1n) is 12.3. The molecule has 2 heterocycles. The molecule has 1 aliphatic carbocycles. The highest BCUT2D eigenvalue weighted by atomic mass is 32.2. The number of carbonyl (C=O) groups is 1. The lowest BCUT2D eigenvalue weighted by Crippen LogP contribution is -2.22. The minimum atomic E-state index is -1.08. The highest BCUT2D eigenvalue weighted by molar-refractivity contribution is 7.87. The number of pyridine rings is 1. The van der Waals surface area contributed by atoms with Gasteiger partial charge in [0.05, 0.1) is 34.6 Å². The van der Waals surface area contributed by atoms with Crippen LogP contribution in [0.5, 0.6) is 11.5 Å². The summed E-state index contributed by atoms with van der Waals surface area (Å²) in [4.78, 5) is 17.1. The lowest BCUT2D eigenvalue weighted by Gasteiger charge is -2.18. The molecule has 5 rings (SSSR count). The number of hydrogen-bond acceptors (Lipinski definition) is 5. The Hall–Kier alpha value is -3.72. The number of hydrogen-bond donors (Lipinski definition) is 2. The number of rotatable bonds is 8. The quantitative estimate of drug-likeness (QED) is 0.312. The van der Waals surface area contributed by atoms with Crippen LogP contribution in [-0.2, 0) is 27.7 Å². The fraction of sp³-hybridized carbons (Fsp3) is 0.321. The Morgan fingerprint density at radius 3 is 2.62 bits per heavy atom. The molecule has 192 valence electrons. The molecular formula is C28H31N5O3S. The number of aromatic nitrogens is 3. The summed E-state index contributed by atoms with van der Waals surface area (Å²) >= 11 is 0. The van der Waals surface area contributed by atoms with Crippen LogP contribution in [0.4, 0.5) is 11.4 Å². The first-order valence-corrected chi connectivity index (χ1v) is 13.6. The molecule has 2 aromatic heterocycles. The van der Waals surface area contributed by atoms with Gasteiger partial charge in [-0.3, -0.25) is 14.5 Å². The molecule has 0 spiro atoms. The average Bonchev–Trinajstić information content (AvgIpc) is 3.59. The van der Waals surface area contributed by atoms with Crippen molar-refractivity contribution >= 4 is 39.2 Å². The highest BCUT2D eigenvalue weighted by Crippen LogP contribution is 2.33. The van der Waals surface area contributed by atoms with Crippen LogP contribution >= 0.6 is 0 Å². The predicted octanol–water partition coefficient (Wildman–Crippen LogP) is 5.71. The Bertz CT molecular complexity index is 1490. The van der Waals surface area contributed by atoms with E-state index in [4.69, 9.17) is 4.74 Å². The maximum absolute atomic E-state index is 12.6. The van der Waals surface area contributed by atoms with Crippen LogP contribution < -0.4 is 14.8 Å². The minimum absolute atomic E-state index is 0.106. The number of anilines is 2. The fourth-order valence-corrected chi connectivity index (χ4v) is 5.04. The number of ether oxygens (including phenoxy) is 1. The van der Waals surface area contributed by atoms with Crippen LogP contribution in [0.2, 0.25) is 0 Å². The van der Waals surface area contributed by atoms with E-state index >= 15 is 0 Å². The number of carbonyl (C=O) groups excluding carboxylic acids is 1. The predicted molar refractivity (Wildman–Crippen MR) is 147 cm³/mol. The van der Waals surface area contributed by atoms with Crippen molar-refractivity contribution < 1.29 is 13.7 Å². The van der Waals surface area contributed by atoms with Crippen LogP contribution in [0.3, 0.4) is 0 Å². The van der Waals surface area contributed by atoms with E-state index in [0.717, 1.165) is 40.6 Å². The van der Waals surface area contributed by atoms with Crippen molar-refractivity contribution in [3.05, 3.63) is 72.2 Å². The largest absolute Gasteiger partial charge is 0.456 e. The Morgan fingerprint density at radius 2 is 1.92 bits per heavy atom. The molecule has 1 aliphatic rings. The SMILES string of the molecule is Cc1cc(CC(=O)Nc2cnn(C(C)(C)C)c2)ccc1Oc1ccnc2ccc(NS(=O)C3CC3)cc12. The maximum Gasteiger partial charge on any atom is 0.228 e. The summed E-state index contributed by atoms with van der Waals surface area (Å²) in [5.74, 6) is 1.25. The highest BCUT2D eigenvalue weighted by Gasteiger charge is 2.28. The molecule has 9 heteroatoms. The molecule has 1 unspecified atom stereocenters. The average molecular weight is 518 g/mol. The van der Waals surface area contributed by atoms with E-state index in [1.54, 1.807) is 12.4 Å². The zero-order valence-corrected chi connectivity index (χ0v) is 22.3. The van der Waals surface area contributed by atoms with Gasteiger partial charge < -0.3 is 14.8 Å². The Labute approximate surface area is 219 Å². The van der Waals surface area contributed by atoms with Crippen molar-refractivity contribution in [1.82, 2.24) is 14.8 Å². The molecular weight excluding hydrogens is 486 g/mol. The van der Waals surface area contributed by atoms with E-state index in [-0.39, 0.29) is 23.1 Å². The number of fused-ring (bicyclic) bond motifs is 1. The molecule has 1 atom stereocenters. The van der Waals surface area contributed by atoms with Gasteiger partial charge in [-0.1, -0.05) is 12.1 Å². The molecule has 0 radical (unpaired) electrons. The van der Waals surface area contributed by atoms with E-state index in [1.807, 2.05) is 60.3 Å². The standard InChI is InChI=1S/C28H31N5O3S/c1-18-13-19(14-27(34)31-21-16-30-33(17-21)28(2,3)4)5-10-25(18)36-26-11-12-29-24-9-6-20(15-23(24)26)32-37(35)22-7-8-22/h5-6,9-13,15-17,22,32H,7-8,14H2,1-4H3,(H,31,34). The van der Waals surface area contributed by atoms with Crippen molar-refractivity contribution in [2.75, 3.05) is 10.0 Å². The molecule has 4 aromatic rings. The van der Waals surface area contributed by atoms with Gasteiger partial charge >= 0.3 is 0 Å². The van der Waals surface area contributed by atoms with Gasteiger partial charge in [0.15, 0.2) is 0 Å². The topological polar surface area (TPSA) is 98.1 Å². The van der Waals surface area contributed by atoms with Gasteiger partial charge in [-0.25, -0.2) is 4.21 Å². The minimum Gasteiger partial charge on any atom is -0.456 e. The van der Waals surface area contributed by atoms with E-state index < -0.39 is 11.0 Å². The van der Waals surface area contributed by atoms with Crippen molar-refractivity contribution in [2.24, 2.45) is 0 Å². The Kier molecular flexibility index (Phi) is 6.72. The van der Waals surface area contributed by atoms with Crippen LogP contribution in [0, 0.1) is 6.92 Å². The summed E-state index contributed by atoms with van der Waals surface area (Å²) < 4.78 is 23.5. The molecule has 1 saturated carbocycles. The zero-order chi connectivity index (χ0) is 26.2.